The van der Waals surface area contributed by atoms with Crippen LogP contribution in [0.2, 0.25) is 0 Å². The molecule has 0 aliphatic rings. The number of aryl methyl sites for hydroxylation is 2. The summed E-state index contributed by atoms with van der Waals surface area (Å²) in [5.41, 5.74) is 6.79. The Bertz CT molecular complexity index is 714. The van der Waals surface area contributed by atoms with E-state index in [2.05, 4.69) is 28.0 Å². The number of nitrogens with two attached hydrogens (primary N) is 1. The Morgan fingerprint density at radius 2 is 2.05 bits per heavy atom. The van der Waals surface area contributed by atoms with Gasteiger partial charge in [0.05, 0.1) is 18.7 Å². The first-order valence-corrected chi connectivity index (χ1v) is 6.77. The van der Waals surface area contributed by atoms with Crippen molar-refractivity contribution in [3.8, 4) is 5.75 Å². The fourth-order valence-corrected chi connectivity index (χ4v) is 2.38. The molecule has 104 valence electrons. The average Bonchev–Trinajstić information content (AvgIpc) is 3.04. The van der Waals surface area contributed by atoms with Gasteiger partial charge in [0, 0.05) is 24.3 Å². The number of aromatic nitrogens is 3. The highest BCUT2D eigenvalue weighted by molar-refractivity contribution is 5.86. The molecule has 20 heavy (non-hydrogen) atoms. The van der Waals surface area contributed by atoms with E-state index in [-0.39, 0.29) is 0 Å². The van der Waals surface area contributed by atoms with Crippen LogP contribution in [0.4, 0.5) is 5.82 Å². The van der Waals surface area contributed by atoms with Gasteiger partial charge in [0.1, 0.15) is 11.6 Å². The second-order valence-electron chi connectivity index (χ2n) is 4.63. The minimum absolute atomic E-state index is 0.556. The van der Waals surface area contributed by atoms with Crippen LogP contribution in [0, 0.1) is 0 Å². The zero-order valence-corrected chi connectivity index (χ0v) is 11.5. The van der Waals surface area contributed by atoms with Gasteiger partial charge in [0.25, 0.3) is 0 Å². The van der Waals surface area contributed by atoms with Gasteiger partial charge >= 0.3 is 0 Å². The number of nitrogen functional groups attached to an aromatic ring is 1. The number of nitrogens with zero attached hydrogens (tertiary/aromatic N) is 3. The molecule has 2 aromatic heterocycles. The molecule has 3 aromatic rings. The van der Waals surface area contributed by atoms with Crippen molar-refractivity contribution in [3.63, 3.8) is 0 Å². The van der Waals surface area contributed by atoms with Crippen LogP contribution >= 0.6 is 0 Å². The fraction of sp³-hybridized carbons (Fsp3) is 0.267. The molecule has 0 saturated carbocycles. The molecule has 0 saturated heterocycles. The number of benzene rings is 1. The predicted octanol–water partition coefficient (Wildman–Crippen LogP) is 2.52. The Hall–Kier alpha value is -2.43. The topological polar surface area (TPSA) is 58.0 Å². The summed E-state index contributed by atoms with van der Waals surface area (Å²) in [6, 6.07) is 10.0. The third-order valence-electron chi connectivity index (χ3n) is 3.30. The minimum atomic E-state index is 0.556. The first-order valence-electron chi connectivity index (χ1n) is 6.77. The molecule has 0 radical (unpaired) electrons. The van der Waals surface area contributed by atoms with Gasteiger partial charge in [-0.05, 0) is 31.2 Å². The zero-order valence-electron chi connectivity index (χ0n) is 11.5. The van der Waals surface area contributed by atoms with Gasteiger partial charge in [0.15, 0.2) is 0 Å². The standard InChI is InChI=1S/C15H18N4O/c1-2-20-14-5-3-4-13-12(14)6-8-18(13)10-11-19-9-7-15(16)17-19/h3-9H,2,10-11H2,1H3,(H2,16,17). The highest BCUT2D eigenvalue weighted by Gasteiger charge is 2.06. The Kier molecular flexibility index (Phi) is 3.33. The van der Waals surface area contributed by atoms with Crippen molar-refractivity contribution in [2.75, 3.05) is 12.3 Å². The number of rotatable bonds is 5. The lowest BCUT2D eigenvalue weighted by molar-refractivity contribution is 0.344. The molecule has 0 amide bonds. The first-order chi connectivity index (χ1) is 9.78. The summed E-state index contributed by atoms with van der Waals surface area (Å²) in [6.07, 6.45) is 3.98. The average molecular weight is 270 g/mol. The monoisotopic (exact) mass is 270 g/mol. The molecule has 0 atom stereocenters. The molecule has 0 fully saturated rings. The van der Waals surface area contributed by atoms with E-state index in [4.69, 9.17) is 10.5 Å². The molecular weight excluding hydrogens is 252 g/mol. The Balaban J connectivity index is 1.83. The molecule has 2 N–H and O–H groups in total. The number of hydrogen-bond acceptors (Lipinski definition) is 3. The van der Waals surface area contributed by atoms with Crippen molar-refractivity contribution in [2.45, 2.75) is 20.0 Å². The lowest BCUT2D eigenvalue weighted by Gasteiger charge is -2.08. The summed E-state index contributed by atoms with van der Waals surface area (Å²) in [5, 5.41) is 5.34. The molecule has 0 spiro atoms. The van der Waals surface area contributed by atoms with E-state index in [1.807, 2.05) is 29.9 Å². The lowest BCUT2D eigenvalue weighted by atomic mass is 10.2. The van der Waals surface area contributed by atoms with Gasteiger partial charge in [-0.25, -0.2) is 0 Å². The maximum Gasteiger partial charge on any atom is 0.145 e. The molecule has 5 heteroatoms. The van der Waals surface area contributed by atoms with Gasteiger partial charge in [-0.1, -0.05) is 6.07 Å². The van der Waals surface area contributed by atoms with Crippen LogP contribution in [-0.2, 0) is 13.1 Å². The summed E-state index contributed by atoms with van der Waals surface area (Å²) in [4.78, 5) is 0. The van der Waals surface area contributed by atoms with Crippen LogP contribution in [0.15, 0.2) is 42.7 Å². The fourth-order valence-electron chi connectivity index (χ4n) is 2.38. The summed E-state index contributed by atoms with van der Waals surface area (Å²) in [7, 11) is 0. The van der Waals surface area contributed by atoms with Gasteiger partial charge < -0.3 is 15.0 Å². The molecule has 2 heterocycles. The smallest absolute Gasteiger partial charge is 0.145 e. The zero-order chi connectivity index (χ0) is 13.9. The summed E-state index contributed by atoms with van der Waals surface area (Å²) < 4.78 is 9.71. The van der Waals surface area contributed by atoms with Gasteiger partial charge in [-0.3, -0.25) is 4.68 Å². The number of anilines is 1. The van der Waals surface area contributed by atoms with E-state index in [1.54, 1.807) is 6.07 Å². The molecule has 0 bridgehead atoms. The summed E-state index contributed by atoms with van der Waals surface area (Å²) in [6.45, 7) is 4.31. The van der Waals surface area contributed by atoms with Crippen molar-refractivity contribution in [1.82, 2.24) is 14.3 Å². The quantitative estimate of drug-likeness (QED) is 0.775. The number of ether oxygens (including phenoxy) is 1. The maximum atomic E-state index is 5.65. The second kappa shape index (κ2) is 5.28. The van der Waals surface area contributed by atoms with Crippen molar-refractivity contribution >= 4 is 16.7 Å². The molecule has 1 aromatic carbocycles. The Morgan fingerprint density at radius 1 is 1.15 bits per heavy atom. The van der Waals surface area contributed by atoms with Crippen LogP contribution in [0.1, 0.15) is 6.92 Å². The highest BCUT2D eigenvalue weighted by Crippen LogP contribution is 2.26. The van der Waals surface area contributed by atoms with Crippen molar-refractivity contribution < 1.29 is 4.74 Å². The molecule has 0 aliphatic carbocycles. The first kappa shape index (κ1) is 12.6. The van der Waals surface area contributed by atoms with Crippen molar-refractivity contribution in [1.29, 1.82) is 0 Å². The van der Waals surface area contributed by atoms with E-state index < -0.39 is 0 Å². The molecule has 3 rings (SSSR count). The third kappa shape index (κ3) is 2.34. The largest absolute Gasteiger partial charge is 0.493 e. The van der Waals surface area contributed by atoms with Gasteiger partial charge in [-0.15, -0.1) is 0 Å². The van der Waals surface area contributed by atoms with Crippen LogP contribution in [0.25, 0.3) is 10.9 Å². The SMILES string of the molecule is CCOc1cccc2c1ccn2CCn1ccc(N)n1. The highest BCUT2D eigenvalue weighted by atomic mass is 16.5. The maximum absolute atomic E-state index is 5.65. The molecule has 5 nitrogen and oxygen atoms in total. The molecular formula is C15H18N4O. The van der Waals surface area contributed by atoms with Gasteiger partial charge in [0.2, 0.25) is 0 Å². The van der Waals surface area contributed by atoms with Crippen molar-refractivity contribution in [2.24, 2.45) is 0 Å². The molecule has 0 aliphatic heterocycles. The van der Waals surface area contributed by atoms with E-state index in [0.717, 1.165) is 24.2 Å². The predicted molar refractivity (Wildman–Crippen MR) is 79.7 cm³/mol. The van der Waals surface area contributed by atoms with Crippen LogP contribution < -0.4 is 10.5 Å². The van der Waals surface area contributed by atoms with Crippen LogP contribution in [0.3, 0.4) is 0 Å². The van der Waals surface area contributed by atoms with E-state index in [1.165, 1.54) is 5.52 Å². The Labute approximate surface area is 117 Å². The summed E-state index contributed by atoms with van der Waals surface area (Å²) in [5.74, 6) is 1.49. The molecule has 0 unspecified atom stereocenters. The van der Waals surface area contributed by atoms with E-state index in [9.17, 15) is 0 Å². The van der Waals surface area contributed by atoms with Crippen LogP contribution in [0.5, 0.6) is 5.75 Å². The lowest BCUT2D eigenvalue weighted by Crippen LogP contribution is -2.07. The number of fused-ring (bicyclic) bond motifs is 1. The van der Waals surface area contributed by atoms with Crippen molar-refractivity contribution in [3.05, 3.63) is 42.7 Å². The Morgan fingerprint density at radius 3 is 2.80 bits per heavy atom. The number of hydrogen-bond donors (Lipinski definition) is 1. The normalized spacial score (nSPS) is 11.1. The van der Waals surface area contributed by atoms with E-state index in [0.29, 0.717) is 12.4 Å². The minimum Gasteiger partial charge on any atom is -0.493 e. The van der Waals surface area contributed by atoms with Gasteiger partial charge in [-0.2, -0.15) is 5.10 Å². The van der Waals surface area contributed by atoms with E-state index >= 15 is 0 Å². The second-order valence-corrected chi connectivity index (χ2v) is 4.63. The summed E-state index contributed by atoms with van der Waals surface area (Å²) >= 11 is 0. The van der Waals surface area contributed by atoms with Crippen LogP contribution in [-0.4, -0.2) is 21.0 Å². The third-order valence-corrected chi connectivity index (χ3v) is 3.30.